The van der Waals surface area contributed by atoms with E-state index in [1.54, 1.807) is 0 Å². The molecule has 0 aliphatic heterocycles. The van der Waals surface area contributed by atoms with Gasteiger partial charge in [-0.3, -0.25) is 0 Å². The molecule has 98 valence electrons. The van der Waals surface area contributed by atoms with Crippen molar-refractivity contribution in [2.45, 2.75) is 37.5 Å². The molecule has 1 aliphatic rings. The lowest BCUT2D eigenvalue weighted by Crippen LogP contribution is -2.27. The van der Waals surface area contributed by atoms with Gasteiger partial charge in [-0.1, -0.05) is 37.7 Å². The Labute approximate surface area is 119 Å². The topological polar surface area (TPSA) is 38.0 Å². The third kappa shape index (κ3) is 3.18. The Morgan fingerprint density at radius 1 is 1.44 bits per heavy atom. The molecule has 1 aromatic rings. The van der Waals surface area contributed by atoms with Crippen LogP contribution in [0.5, 0.6) is 0 Å². The molecule has 0 heterocycles. The minimum Gasteiger partial charge on any atom is -0.389 e. The smallest absolute Gasteiger partial charge is 0.106 e. The van der Waals surface area contributed by atoms with Gasteiger partial charge in [-0.05, 0) is 30.7 Å². The molecule has 0 bridgehead atoms. The molecule has 2 nitrogen and oxygen atoms in total. The molecule has 4 heteroatoms. The molecule has 2 rings (SSSR count). The molecule has 0 spiro atoms. The summed E-state index contributed by atoms with van der Waals surface area (Å²) < 4.78 is 0. The van der Waals surface area contributed by atoms with Crippen LogP contribution in [0.2, 0.25) is 0 Å². The van der Waals surface area contributed by atoms with Crippen LogP contribution in [-0.4, -0.2) is 22.0 Å². The summed E-state index contributed by atoms with van der Waals surface area (Å²) in [5.74, 6) is 1.18. The Morgan fingerprint density at radius 3 is 2.94 bits per heavy atom. The maximum atomic E-state index is 5.77. The molecule has 1 aliphatic carbocycles. The van der Waals surface area contributed by atoms with Gasteiger partial charge in [0.15, 0.2) is 0 Å². The third-order valence-corrected chi connectivity index (χ3v) is 4.91. The van der Waals surface area contributed by atoms with Crippen LogP contribution in [0.15, 0.2) is 24.3 Å². The van der Waals surface area contributed by atoms with E-state index in [-0.39, 0.29) is 0 Å². The van der Waals surface area contributed by atoms with E-state index < -0.39 is 0 Å². The number of thiocarbonyl (C=S) groups is 1. The quantitative estimate of drug-likeness (QED) is 0.811. The second-order valence-electron chi connectivity index (χ2n) is 4.59. The highest BCUT2D eigenvalue weighted by molar-refractivity contribution is 7.99. The predicted octanol–water partition coefficient (Wildman–Crippen LogP) is 3.41. The van der Waals surface area contributed by atoms with E-state index in [0.29, 0.717) is 11.0 Å². The summed E-state index contributed by atoms with van der Waals surface area (Å²) in [4.78, 5) is 0.468. The summed E-state index contributed by atoms with van der Waals surface area (Å²) in [7, 11) is 0. The average molecular weight is 280 g/mol. The van der Waals surface area contributed by atoms with E-state index >= 15 is 0 Å². The molecular formula is C14H20N2S2. The number of nitrogens with two attached hydrogens (primary N) is 1. The van der Waals surface area contributed by atoms with Crippen LogP contribution in [0.1, 0.15) is 31.7 Å². The summed E-state index contributed by atoms with van der Waals surface area (Å²) in [5.41, 5.74) is 7.81. The normalized spacial score (nSPS) is 22.9. The highest BCUT2D eigenvalue weighted by Gasteiger charge is 2.27. The maximum absolute atomic E-state index is 5.77. The van der Waals surface area contributed by atoms with Crippen molar-refractivity contribution in [3.05, 3.63) is 29.8 Å². The van der Waals surface area contributed by atoms with E-state index in [2.05, 4.69) is 30.1 Å². The third-order valence-electron chi connectivity index (χ3n) is 3.37. The zero-order valence-electron chi connectivity index (χ0n) is 10.7. The van der Waals surface area contributed by atoms with Gasteiger partial charge in [0, 0.05) is 22.5 Å². The van der Waals surface area contributed by atoms with Crippen LogP contribution in [0.4, 0.5) is 5.69 Å². The molecule has 0 radical (unpaired) electrons. The Kier molecular flexibility index (Phi) is 4.89. The lowest BCUT2D eigenvalue weighted by molar-refractivity contribution is 0.767. The molecule has 1 saturated carbocycles. The van der Waals surface area contributed by atoms with E-state index in [1.165, 1.54) is 25.0 Å². The van der Waals surface area contributed by atoms with Crippen molar-refractivity contribution in [1.29, 1.82) is 0 Å². The highest BCUT2D eigenvalue weighted by Crippen LogP contribution is 2.32. The molecule has 0 saturated heterocycles. The lowest BCUT2D eigenvalue weighted by atomic mass is 10.1. The molecule has 3 N–H and O–H groups in total. The van der Waals surface area contributed by atoms with Crippen LogP contribution >= 0.6 is 24.0 Å². The highest BCUT2D eigenvalue weighted by atomic mass is 32.2. The molecule has 1 fully saturated rings. The second kappa shape index (κ2) is 6.43. The standard InChI is InChI=1S/C14H20N2S2/c1-2-18-13-9-5-8-12(13)16-11-7-4-3-6-10(11)14(15)17/h3-4,6-7,12-13,16H,2,5,8-9H2,1H3,(H2,15,17). The van der Waals surface area contributed by atoms with E-state index in [1.807, 2.05) is 18.2 Å². The molecule has 0 amide bonds. The summed E-state index contributed by atoms with van der Waals surface area (Å²) in [6.45, 7) is 2.23. The van der Waals surface area contributed by atoms with Crippen molar-refractivity contribution >= 4 is 34.7 Å². The summed E-state index contributed by atoms with van der Waals surface area (Å²) in [6.07, 6.45) is 3.86. The Bertz CT molecular complexity index is 420. The van der Waals surface area contributed by atoms with Crippen molar-refractivity contribution in [3.8, 4) is 0 Å². The van der Waals surface area contributed by atoms with Crippen molar-refractivity contribution in [1.82, 2.24) is 0 Å². The zero-order valence-corrected chi connectivity index (χ0v) is 12.3. The van der Waals surface area contributed by atoms with E-state index in [9.17, 15) is 0 Å². The Balaban J connectivity index is 2.11. The average Bonchev–Trinajstić information content (AvgIpc) is 2.78. The maximum Gasteiger partial charge on any atom is 0.106 e. The molecule has 1 aromatic carbocycles. The lowest BCUT2D eigenvalue weighted by Gasteiger charge is -2.22. The van der Waals surface area contributed by atoms with Gasteiger partial charge in [-0.25, -0.2) is 0 Å². The SMILES string of the molecule is CCSC1CCCC1Nc1ccccc1C(N)=S. The minimum atomic E-state index is 0.468. The van der Waals surface area contributed by atoms with Gasteiger partial charge >= 0.3 is 0 Å². The first-order valence-electron chi connectivity index (χ1n) is 6.49. The number of rotatable bonds is 5. The van der Waals surface area contributed by atoms with Gasteiger partial charge in [0.1, 0.15) is 4.99 Å². The first-order valence-corrected chi connectivity index (χ1v) is 7.95. The van der Waals surface area contributed by atoms with Gasteiger partial charge in [-0.15, -0.1) is 0 Å². The van der Waals surface area contributed by atoms with Crippen LogP contribution in [0.25, 0.3) is 0 Å². The molecule has 18 heavy (non-hydrogen) atoms. The van der Waals surface area contributed by atoms with Crippen LogP contribution < -0.4 is 11.1 Å². The minimum absolute atomic E-state index is 0.468. The second-order valence-corrected chi connectivity index (χ2v) is 6.54. The molecule has 2 atom stereocenters. The van der Waals surface area contributed by atoms with Gasteiger partial charge in [0.2, 0.25) is 0 Å². The van der Waals surface area contributed by atoms with Crippen molar-refractivity contribution in [3.63, 3.8) is 0 Å². The molecule has 0 aromatic heterocycles. The largest absolute Gasteiger partial charge is 0.389 e. The number of benzene rings is 1. The monoisotopic (exact) mass is 280 g/mol. The Hall–Kier alpha value is -0.740. The van der Waals surface area contributed by atoms with Crippen LogP contribution in [-0.2, 0) is 0 Å². The predicted molar refractivity (Wildman–Crippen MR) is 85.5 cm³/mol. The van der Waals surface area contributed by atoms with E-state index in [4.69, 9.17) is 18.0 Å². The number of hydrogen-bond donors (Lipinski definition) is 2. The van der Waals surface area contributed by atoms with Crippen molar-refractivity contribution in [2.24, 2.45) is 5.73 Å². The fourth-order valence-corrected chi connectivity index (χ4v) is 3.90. The number of para-hydroxylation sites is 1. The summed E-state index contributed by atoms with van der Waals surface area (Å²) in [6, 6.07) is 8.61. The first-order chi connectivity index (χ1) is 8.72. The van der Waals surface area contributed by atoms with Gasteiger partial charge in [-0.2, -0.15) is 11.8 Å². The van der Waals surface area contributed by atoms with Crippen LogP contribution in [0, 0.1) is 0 Å². The number of hydrogen-bond acceptors (Lipinski definition) is 3. The summed E-state index contributed by atoms with van der Waals surface area (Å²) >= 11 is 7.16. The van der Waals surface area contributed by atoms with E-state index in [0.717, 1.165) is 16.5 Å². The van der Waals surface area contributed by atoms with Crippen molar-refractivity contribution in [2.75, 3.05) is 11.1 Å². The molecule has 2 unspecified atom stereocenters. The van der Waals surface area contributed by atoms with Gasteiger partial charge < -0.3 is 11.1 Å². The first kappa shape index (κ1) is 13.7. The van der Waals surface area contributed by atoms with Gasteiger partial charge in [0.05, 0.1) is 0 Å². The van der Waals surface area contributed by atoms with Gasteiger partial charge in [0.25, 0.3) is 0 Å². The summed E-state index contributed by atoms with van der Waals surface area (Å²) in [5, 5.41) is 4.35. The van der Waals surface area contributed by atoms with Crippen molar-refractivity contribution < 1.29 is 0 Å². The Morgan fingerprint density at radius 2 is 2.22 bits per heavy atom. The number of thioether (sulfide) groups is 1. The zero-order chi connectivity index (χ0) is 13.0. The fourth-order valence-electron chi connectivity index (χ4n) is 2.53. The van der Waals surface area contributed by atoms with Crippen LogP contribution in [0.3, 0.4) is 0 Å². The number of anilines is 1. The molecular weight excluding hydrogens is 260 g/mol. The fraction of sp³-hybridized carbons (Fsp3) is 0.500. The number of nitrogens with one attached hydrogen (secondary N) is 1.